The minimum atomic E-state index is 0.289. The van der Waals surface area contributed by atoms with Gasteiger partial charge in [-0.2, -0.15) is 0 Å². The first-order valence-corrected chi connectivity index (χ1v) is 3.21. The average Bonchev–Trinajstić information content (AvgIpc) is 1.80. The van der Waals surface area contributed by atoms with Gasteiger partial charge >= 0.3 is 0 Å². The molecule has 0 rings (SSSR count). The number of unbranched alkanes of at least 4 members (excludes halogenated alkanes) is 1. The molecule has 54 valence electrons. The SMILES string of the molecule is CN(C)C=CCCCO. The number of aliphatic hydroxyl groups is 1. The molecule has 0 aromatic heterocycles. The number of aliphatic hydroxyl groups excluding tert-OH is 1. The van der Waals surface area contributed by atoms with E-state index in [1.165, 1.54) is 0 Å². The van der Waals surface area contributed by atoms with Crippen LogP contribution in [0, 0.1) is 0 Å². The average molecular weight is 129 g/mol. The van der Waals surface area contributed by atoms with Crippen molar-refractivity contribution in [3.05, 3.63) is 12.3 Å². The van der Waals surface area contributed by atoms with Crippen molar-refractivity contribution in [2.45, 2.75) is 12.8 Å². The lowest BCUT2D eigenvalue weighted by atomic mass is 10.3. The molecule has 0 aromatic carbocycles. The van der Waals surface area contributed by atoms with Crippen LogP contribution in [0.3, 0.4) is 0 Å². The van der Waals surface area contributed by atoms with Crippen LogP contribution in [0.5, 0.6) is 0 Å². The van der Waals surface area contributed by atoms with Gasteiger partial charge in [0.05, 0.1) is 0 Å². The molecule has 0 aliphatic rings. The molecule has 0 spiro atoms. The predicted molar refractivity (Wildman–Crippen MR) is 39.1 cm³/mol. The second-order valence-corrected chi connectivity index (χ2v) is 2.21. The lowest BCUT2D eigenvalue weighted by Crippen LogP contribution is -1.99. The zero-order chi connectivity index (χ0) is 7.11. The summed E-state index contributed by atoms with van der Waals surface area (Å²) in [5.41, 5.74) is 0. The Morgan fingerprint density at radius 1 is 1.44 bits per heavy atom. The van der Waals surface area contributed by atoms with E-state index in [0.29, 0.717) is 0 Å². The molecule has 0 atom stereocenters. The molecule has 0 saturated heterocycles. The minimum absolute atomic E-state index is 0.289. The largest absolute Gasteiger partial charge is 0.396 e. The summed E-state index contributed by atoms with van der Waals surface area (Å²) >= 11 is 0. The van der Waals surface area contributed by atoms with Gasteiger partial charge in [0.1, 0.15) is 0 Å². The summed E-state index contributed by atoms with van der Waals surface area (Å²) in [6, 6.07) is 0. The summed E-state index contributed by atoms with van der Waals surface area (Å²) in [6.07, 6.45) is 5.88. The Kier molecular flexibility index (Phi) is 5.32. The molecular weight excluding hydrogens is 114 g/mol. The van der Waals surface area contributed by atoms with Crippen molar-refractivity contribution < 1.29 is 5.11 Å². The van der Waals surface area contributed by atoms with Crippen LogP contribution in [-0.2, 0) is 0 Å². The van der Waals surface area contributed by atoms with Gasteiger partial charge in [0, 0.05) is 20.7 Å². The normalized spacial score (nSPS) is 10.6. The number of allylic oxidation sites excluding steroid dienone is 1. The maximum atomic E-state index is 8.38. The monoisotopic (exact) mass is 129 g/mol. The highest BCUT2D eigenvalue weighted by molar-refractivity contribution is 4.78. The Hall–Kier alpha value is -0.500. The molecule has 0 amide bonds. The first-order chi connectivity index (χ1) is 4.27. The highest BCUT2D eigenvalue weighted by atomic mass is 16.2. The third kappa shape index (κ3) is 7.50. The van der Waals surface area contributed by atoms with Gasteiger partial charge in [-0.05, 0) is 19.0 Å². The fourth-order valence-electron chi connectivity index (χ4n) is 0.494. The smallest absolute Gasteiger partial charge is 0.0433 e. The first kappa shape index (κ1) is 8.50. The van der Waals surface area contributed by atoms with Crippen LogP contribution < -0.4 is 0 Å². The lowest BCUT2D eigenvalue weighted by molar-refractivity contribution is 0.289. The van der Waals surface area contributed by atoms with E-state index in [9.17, 15) is 0 Å². The lowest BCUT2D eigenvalue weighted by Gasteiger charge is -2.01. The van der Waals surface area contributed by atoms with Gasteiger partial charge in [-0.15, -0.1) is 0 Å². The number of hydrogen-bond acceptors (Lipinski definition) is 2. The first-order valence-electron chi connectivity index (χ1n) is 3.21. The molecule has 2 nitrogen and oxygen atoms in total. The van der Waals surface area contributed by atoms with Crippen LogP contribution in [0.1, 0.15) is 12.8 Å². The number of rotatable bonds is 4. The summed E-state index contributed by atoms with van der Waals surface area (Å²) in [5.74, 6) is 0. The van der Waals surface area contributed by atoms with Crippen LogP contribution in [0.4, 0.5) is 0 Å². The molecule has 0 aromatic rings. The fourth-order valence-corrected chi connectivity index (χ4v) is 0.494. The van der Waals surface area contributed by atoms with Crippen LogP contribution in [0.25, 0.3) is 0 Å². The zero-order valence-corrected chi connectivity index (χ0v) is 6.17. The van der Waals surface area contributed by atoms with Gasteiger partial charge < -0.3 is 10.0 Å². The zero-order valence-electron chi connectivity index (χ0n) is 6.17. The number of hydrogen-bond donors (Lipinski definition) is 1. The summed E-state index contributed by atoms with van der Waals surface area (Å²) in [6.45, 7) is 0.289. The van der Waals surface area contributed by atoms with Crippen LogP contribution in [0.2, 0.25) is 0 Å². The standard InChI is InChI=1S/C7H15NO/c1-8(2)6-4-3-5-7-9/h4,6,9H,3,5,7H2,1-2H3. The van der Waals surface area contributed by atoms with Crippen molar-refractivity contribution in [3.8, 4) is 0 Å². The molecule has 0 bridgehead atoms. The van der Waals surface area contributed by atoms with Crippen molar-refractivity contribution >= 4 is 0 Å². The third-order valence-corrected chi connectivity index (χ3v) is 0.932. The topological polar surface area (TPSA) is 23.5 Å². The molecular formula is C7H15NO. The molecule has 0 radical (unpaired) electrons. The van der Waals surface area contributed by atoms with Crippen molar-refractivity contribution in [2.75, 3.05) is 20.7 Å². The van der Waals surface area contributed by atoms with E-state index in [1.807, 2.05) is 25.2 Å². The third-order valence-electron chi connectivity index (χ3n) is 0.932. The Bertz CT molecular complexity index is 79.0. The van der Waals surface area contributed by atoms with Crippen LogP contribution in [0.15, 0.2) is 12.3 Å². The van der Waals surface area contributed by atoms with E-state index < -0.39 is 0 Å². The summed E-state index contributed by atoms with van der Waals surface area (Å²) in [4.78, 5) is 1.98. The predicted octanol–water partition coefficient (Wildman–Crippen LogP) is 0.834. The Labute approximate surface area is 56.8 Å². The van der Waals surface area contributed by atoms with E-state index in [0.717, 1.165) is 12.8 Å². The van der Waals surface area contributed by atoms with Gasteiger partial charge in [0.2, 0.25) is 0 Å². The van der Waals surface area contributed by atoms with E-state index in [4.69, 9.17) is 5.11 Å². The molecule has 1 N–H and O–H groups in total. The molecule has 0 saturated carbocycles. The van der Waals surface area contributed by atoms with Gasteiger partial charge in [-0.25, -0.2) is 0 Å². The van der Waals surface area contributed by atoms with Gasteiger partial charge in [-0.3, -0.25) is 0 Å². The maximum Gasteiger partial charge on any atom is 0.0433 e. The molecule has 0 heterocycles. The van der Waals surface area contributed by atoms with Crippen molar-refractivity contribution in [1.82, 2.24) is 4.90 Å². The van der Waals surface area contributed by atoms with Crippen molar-refractivity contribution in [1.29, 1.82) is 0 Å². The molecule has 0 aliphatic heterocycles. The van der Waals surface area contributed by atoms with E-state index in [1.54, 1.807) is 0 Å². The number of nitrogens with zero attached hydrogens (tertiary/aromatic N) is 1. The minimum Gasteiger partial charge on any atom is -0.396 e. The van der Waals surface area contributed by atoms with Gasteiger partial charge in [0.15, 0.2) is 0 Å². The molecule has 2 heteroatoms. The molecule has 0 fully saturated rings. The van der Waals surface area contributed by atoms with Crippen molar-refractivity contribution in [3.63, 3.8) is 0 Å². The van der Waals surface area contributed by atoms with Gasteiger partial charge in [0.25, 0.3) is 0 Å². The second kappa shape index (κ2) is 5.63. The Morgan fingerprint density at radius 3 is 2.56 bits per heavy atom. The molecule has 0 unspecified atom stereocenters. The Morgan fingerprint density at radius 2 is 2.11 bits per heavy atom. The molecule has 9 heavy (non-hydrogen) atoms. The van der Waals surface area contributed by atoms with Crippen LogP contribution in [-0.4, -0.2) is 30.7 Å². The van der Waals surface area contributed by atoms with Crippen LogP contribution >= 0.6 is 0 Å². The summed E-state index contributed by atoms with van der Waals surface area (Å²) in [7, 11) is 3.96. The van der Waals surface area contributed by atoms with E-state index in [2.05, 4.69) is 6.08 Å². The van der Waals surface area contributed by atoms with E-state index >= 15 is 0 Å². The molecule has 0 aliphatic carbocycles. The maximum absolute atomic E-state index is 8.38. The summed E-state index contributed by atoms with van der Waals surface area (Å²) < 4.78 is 0. The fraction of sp³-hybridized carbons (Fsp3) is 0.714. The quantitative estimate of drug-likeness (QED) is 0.568. The highest BCUT2D eigenvalue weighted by Crippen LogP contribution is 1.89. The highest BCUT2D eigenvalue weighted by Gasteiger charge is 1.78. The van der Waals surface area contributed by atoms with Crippen molar-refractivity contribution in [2.24, 2.45) is 0 Å². The summed E-state index contributed by atoms with van der Waals surface area (Å²) in [5, 5.41) is 8.38. The Balaban J connectivity index is 3.04. The van der Waals surface area contributed by atoms with Gasteiger partial charge in [-0.1, -0.05) is 6.08 Å². The second-order valence-electron chi connectivity index (χ2n) is 2.21. The van der Waals surface area contributed by atoms with E-state index in [-0.39, 0.29) is 6.61 Å².